The largest absolute Gasteiger partial charge is 0.0596 e. The zero-order chi connectivity index (χ0) is 12.4. The van der Waals surface area contributed by atoms with E-state index in [0.717, 1.165) is 11.8 Å². The molecule has 4 aliphatic rings. The first-order valence-corrected chi connectivity index (χ1v) is 7.64. The van der Waals surface area contributed by atoms with Crippen LogP contribution >= 0.6 is 0 Å². The Balaban J connectivity index is 1.77. The van der Waals surface area contributed by atoms with E-state index in [1.807, 2.05) is 0 Å². The maximum absolute atomic E-state index is 2.56. The highest BCUT2D eigenvalue weighted by molar-refractivity contribution is 5.32. The van der Waals surface area contributed by atoms with Gasteiger partial charge in [-0.15, -0.1) is 0 Å². The second kappa shape index (κ2) is 3.40. The summed E-state index contributed by atoms with van der Waals surface area (Å²) in [5, 5.41) is 0. The predicted octanol–water partition coefficient (Wildman–Crippen LogP) is 4.85. The van der Waals surface area contributed by atoms with Crippen molar-refractivity contribution in [3.63, 3.8) is 0 Å². The summed E-state index contributed by atoms with van der Waals surface area (Å²) >= 11 is 0. The molecule has 0 amide bonds. The van der Waals surface area contributed by atoms with Crippen LogP contribution < -0.4 is 0 Å². The quantitative estimate of drug-likeness (QED) is 0.658. The highest BCUT2D eigenvalue weighted by atomic mass is 14.6. The maximum Gasteiger partial charge on any atom is -0.00365 e. The molecule has 4 bridgehead atoms. The van der Waals surface area contributed by atoms with Gasteiger partial charge in [0.2, 0.25) is 0 Å². The van der Waals surface area contributed by atoms with Gasteiger partial charge in [-0.2, -0.15) is 0 Å². The summed E-state index contributed by atoms with van der Waals surface area (Å²) in [6.07, 6.45) is 8.96. The average Bonchev–Trinajstić information content (AvgIpc) is 2.26. The number of benzene rings is 1. The molecule has 0 nitrogen and oxygen atoms in total. The van der Waals surface area contributed by atoms with Gasteiger partial charge < -0.3 is 0 Å². The normalized spacial score (nSPS) is 45.4. The van der Waals surface area contributed by atoms with E-state index < -0.39 is 0 Å². The van der Waals surface area contributed by atoms with Crippen LogP contribution in [0.4, 0.5) is 0 Å². The van der Waals surface area contributed by atoms with Crippen molar-refractivity contribution in [1.29, 1.82) is 0 Å². The molecule has 0 aliphatic heterocycles. The molecule has 0 spiro atoms. The SMILES string of the molecule is Cc1ccc(C23CC4CC(CC(C)(C4)C2)C3)cc1. The predicted molar refractivity (Wildman–Crippen MR) is 75.6 cm³/mol. The summed E-state index contributed by atoms with van der Waals surface area (Å²) in [4.78, 5) is 0. The van der Waals surface area contributed by atoms with Gasteiger partial charge in [0, 0.05) is 0 Å². The molecule has 2 unspecified atom stereocenters. The van der Waals surface area contributed by atoms with Crippen LogP contribution in [-0.4, -0.2) is 0 Å². The minimum absolute atomic E-state index is 0.548. The topological polar surface area (TPSA) is 0 Å². The van der Waals surface area contributed by atoms with Gasteiger partial charge in [-0.1, -0.05) is 36.8 Å². The lowest BCUT2D eigenvalue weighted by Gasteiger charge is -2.61. The fourth-order valence-corrected chi connectivity index (χ4v) is 5.97. The first kappa shape index (κ1) is 11.1. The monoisotopic (exact) mass is 240 g/mol. The van der Waals surface area contributed by atoms with E-state index in [1.54, 1.807) is 5.56 Å². The van der Waals surface area contributed by atoms with Gasteiger partial charge in [-0.05, 0) is 73.7 Å². The van der Waals surface area contributed by atoms with Crippen molar-refractivity contribution in [3.8, 4) is 0 Å². The van der Waals surface area contributed by atoms with Crippen molar-refractivity contribution in [1.82, 2.24) is 0 Å². The van der Waals surface area contributed by atoms with Gasteiger partial charge >= 0.3 is 0 Å². The molecule has 1 aromatic carbocycles. The Kier molecular flexibility index (Phi) is 2.10. The van der Waals surface area contributed by atoms with E-state index in [-0.39, 0.29) is 0 Å². The van der Waals surface area contributed by atoms with E-state index in [0.29, 0.717) is 10.8 Å². The van der Waals surface area contributed by atoms with E-state index in [1.165, 1.54) is 44.1 Å². The van der Waals surface area contributed by atoms with Crippen molar-refractivity contribution in [2.45, 2.75) is 57.8 Å². The number of aryl methyl sites for hydroxylation is 1. The summed E-state index contributed by atoms with van der Waals surface area (Å²) in [5.74, 6) is 2.05. The summed E-state index contributed by atoms with van der Waals surface area (Å²) < 4.78 is 0. The summed E-state index contributed by atoms with van der Waals surface area (Å²) in [7, 11) is 0. The van der Waals surface area contributed by atoms with Gasteiger partial charge in [0.25, 0.3) is 0 Å². The minimum Gasteiger partial charge on any atom is -0.0596 e. The standard InChI is InChI=1S/C18H24/c1-13-3-5-16(6-4-13)18-10-14-7-15(11-18)9-17(2,8-14)12-18/h3-6,14-15H,7-12H2,1-2H3. The van der Waals surface area contributed by atoms with Crippen molar-refractivity contribution in [2.75, 3.05) is 0 Å². The molecule has 5 rings (SSSR count). The van der Waals surface area contributed by atoms with Crippen molar-refractivity contribution in [2.24, 2.45) is 17.3 Å². The molecule has 0 radical (unpaired) electrons. The smallest absolute Gasteiger partial charge is 0.00365 e. The molecular formula is C18H24. The summed E-state index contributed by atoms with van der Waals surface area (Å²) in [6.45, 7) is 4.76. The van der Waals surface area contributed by atoms with Crippen LogP contribution in [0.2, 0.25) is 0 Å². The van der Waals surface area contributed by atoms with E-state index in [2.05, 4.69) is 38.1 Å². The Bertz CT molecular complexity index is 453. The second-order valence-electron chi connectivity index (χ2n) is 7.92. The zero-order valence-electron chi connectivity index (χ0n) is 11.7. The Morgan fingerprint density at radius 2 is 1.56 bits per heavy atom. The Hall–Kier alpha value is -0.780. The summed E-state index contributed by atoms with van der Waals surface area (Å²) in [5.41, 5.74) is 4.25. The molecule has 96 valence electrons. The highest BCUT2D eigenvalue weighted by Gasteiger charge is 2.56. The third-order valence-electron chi connectivity index (χ3n) is 6.02. The van der Waals surface area contributed by atoms with Crippen LogP contribution in [0.3, 0.4) is 0 Å². The zero-order valence-corrected chi connectivity index (χ0v) is 11.7. The fourth-order valence-electron chi connectivity index (χ4n) is 5.97. The molecular weight excluding hydrogens is 216 g/mol. The Morgan fingerprint density at radius 1 is 0.944 bits per heavy atom. The van der Waals surface area contributed by atoms with Crippen LogP contribution in [0.5, 0.6) is 0 Å². The Labute approximate surface area is 111 Å². The van der Waals surface area contributed by atoms with Gasteiger partial charge in [-0.25, -0.2) is 0 Å². The van der Waals surface area contributed by atoms with Crippen molar-refractivity contribution in [3.05, 3.63) is 35.4 Å². The molecule has 4 saturated carbocycles. The minimum atomic E-state index is 0.548. The van der Waals surface area contributed by atoms with E-state index >= 15 is 0 Å². The molecule has 0 heteroatoms. The van der Waals surface area contributed by atoms with Crippen molar-refractivity contribution >= 4 is 0 Å². The average molecular weight is 240 g/mol. The summed E-state index contributed by atoms with van der Waals surface area (Å²) in [6, 6.07) is 9.48. The molecule has 4 fully saturated rings. The molecule has 4 aliphatic carbocycles. The van der Waals surface area contributed by atoms with E-state index in [9.17, 15) is 0 Å². The highest BCUT2D eigenvalue weighted by Crippen LogP contribution is 2.65. The number of hydrogen-bond donors (Lipinski definition) is 0. The van der Waals surface area contributed by atoms with Crippen LogP contribution in [0, 0.1) is 24.2 Å². The lowest BCUT2D eigenvalue weighted by Crippen LogP contribution is -2.52. The van der Waals surface area contributed by atoms with Gasteiger partial charge in [-0.3, -0.25) is 0 Å². The van der Waals surface area contributed by atoms with Gasteiger partial charge in [0.15, 0.2) is 0 Å². The first-order chi connectivity index (χ1) is 8.57. The Morgan fingerprint density at radius 3 is 2.11 bits per heavy atom. The van der Waals surface area contributed by atoms with Gasteiger partial charge in [0.1, 0.15) is 0 Å². The molecule has 0 heterocycles. The van der Waals surface area contributed by atoms with Crippen LogP contribution in [-0.2, 0) is 5.41 Å². The molecule has 2 atom stereocenters. The van der Waals surface area contributed by atoms with E-state index in [4.69, 9.17) is 0 Å². The fraction of sp³-hybridized carbons (Fsp3) is 0.667. The molecule has 1 aromatic rings. The third-order valence-corrected chi connectivity index (χ3v) is 6.02. The van der Waals surface area contributed by atoms with Crippen LogP contribution in [0.15, 0.2) is 24.3 Å². The van der Waals surface area contributed by atoms with Crippen LogP contribution in [0.25, 0.3) is 0 Å². The molecule has 0 aromatic heterocycles. The maximum atomic E-state index is 2.56. The molecule has 0 saturated heterocycles. The third kappa shape index (κ3) is 1.51. The van der Waals surface area contributed by atoms with Crippen LogP contribution in [0.1, 0.15) is 56.6 Å². The number of hydrogen-bond acceptors (Lipinski definition) is 0. The molecule has 18 heavy (non-hydrogen) atoms. The first-order valence-electron chi connectivity index (χ1n) is 7.64. The molecule has 0 N–H and O–H groups in total. The second-order valence-corrected chi connectivity index (χ2v) is 7.92. The lowest BCUT2D eigenvalue weighted by atomic mass is 9.43. The van der Waals surface area contributed by atoms with Crippen molar-refractivity contribution < 1.29 is 0 Å². The lowest BCUT2D eigenvalue weighted by molar-refractivity contribution is -0.0615. The van der Waals surface area contributed by atoms with Gasteiger partial charge in [0.05, 0.1) is 0 Å². The number of rotatable bonds is 1.